The fraction of sp³-hybridized carbons (Fsp3) is 0.550. The Morgan fingerprint density at radius 1 is 1.23 bits per heavy atom. The monoisotopic (exact) mass is 436 g/mol. The SMILES string of the molecule is CCCc1noc(CCCC(=O)Nc2ccc(C)c(S(=O)(=O)N3CCOCC3)c2)n1. The summed E-state index contributed by atoms with van der Waals surface area (Å²) in [4.78, 5) is 16.8. The maximum absolute atomic E-state index is 13.0. The summed E-state index contributed by atoms with van der Waals surface area (Å²) < 4.78 is 37.7. The summed E-state index contributed by atoms with van der Waals surface area (Å²) in [6, 6.07) is 4.93. The molecule has 1 amide bonds. The van der Waals surface area contributed by atoms with Gasteiger partial charge in [0.2, 0.25) is 21.8 Å². The molecule has 1 aliphatic rings. The zero-order valence-electron chi connectivity index (χ0n) is 17.4. The summed E-state index contributed by atoms with van der Waals surface area (Å²) in [6.07, 6.45) is 3.07. The first-order chi connectivity index (χ1) is 14.4. The summed E-state index contributed by atoms with van der Waals surface area (Å²) in [5, 5.41) is 6.68. The second-order valence-corrected chi connectivity index (χ2v) is 9.16. The van der Waals surface area contributed by atoms with Crippen LogP contribution in [-0.2, 0) is 32.4 Å². The fourth-order valence-electron chi connectivity index (χ4n) is 3.22. The Balaban J connectivity index is 1.58. The van der Waals surface area contributed by atoms with Gasteiger partial charge in [0.05, 0.1) is 18.1 Å². The molecule has 0 radical (unpaired) electrons. The largest absolute Gasteiger partial charge is 0.379 e. The lowest BCUT2D eigenvalue weighted by Gasteiger charge is -2.26. The highest BCUT2D eigenvalue weighted by Gasteiger charge is 2.28. The van der Waals surface area contributed by atoms with Gasteiger partial charge < -0.3 is 14.6 Å². The Bertz CT molecular complexity index is 967. The lowest BCUT2D eigenvalue weighted by molar-refractivity contribution is -0.116. The maximum Gasteiger partial charge on any atom is 0.243 e. The van der Waals surface area contributed by atoms with Crippen molar-refractivity contribution in [1.82, 2.24) is 14.4 Å². The minimum Gasteiger partial charge on any atom is -0.379 e. The number of rotatable bonds is 9. The molecule has 1 aromatic carbocycles. The van der Waals surface area contributed by atoms with Crippen LogP contribution in [0.25, 0.3) is 0 Å². The van der Waals surface area contributed by atoms with Crippen molar-refractivity contribution in [1.29, 1.82) is 0 Å². The molecule has 164 valence electrons. The van der Waals surface area contributed by atoms with E-state index in [-0.39, 0.29) is 17.2 Å². The van der Waals surface area contributed by atoms with Gasteiger partial charge in [-0.25, -0.2) is 8.42 Å². The third-order valence-corrected chi connectivity index (χ3v) is 6.88. The number of sulfonamides is 1. The lowest BCUT2D eigenvalue weighted by atomic mass is 10.2. The molecular weight excluding hydrogens is 408 g/mol. The quantitative estimate of drug-likeness (QED) is 0.641. The molecule has 0 atom stereocenters. The smallest absolute Gasteiger partial charge is 0.243 e. The van der Waals surface area contributed by atoms with Crippen LogP contribution in [-0.4, -0.2) is 55.1 Å². The van der Waals surface area contributed by atoms with Gasteiger partial charge in [0.1, 0.15) is 0 Å². The van der Waals surface area contributed by atoms with Crippen molar-refractivity contribution in [3.63, 3.8) is 0 Å². The van der Waals surface area contributed by atoms with Crippen LogP contribution >= 0.6 is 0 Å². The predicted octanol–water partition coefficient (Wildman–Crippen LogP) is 2.31. The van der Waals surface area contributed by atoms with E-state index in [9.17, 15) is 13.2 Å². The van der Waals surface area contributed by atoms with Gasteiger partial charge in [-0.2, -0.15) is 9.29 Å². The minimum atomic E-state index is -3.63. The van der Waals surface area contributed by atoms with Gasteiger partial charge in [-0.05, 0) is 37.5 Å². The van der Waals surface area contributed by atoms with E-state index in [0.29, 0.717) is 62.1 Å². The van der Waals surface area contributed by atoms with Crippen molar-refractivity contribution in [3.05, 3.63) is 35.5 Å². The molecule has 3 rings (SSSR count). The number of hydrogen-bond acceptors (Lipinski definition) is 7. The Kier molecular flexibility index (Phi) is 7.57. The van der Waals surface area contributed by atoms with Gasteiger partial charge >= 0.3 is 0 Å². The number of morpholine rings is 1. The third-order valence-electron chi connectivity index (χ3n) is 4.84. The molecule has 2 aromatic rings. The number of carbonyl (C=O) groups excluding carboxylic acids is 1. The number of carbonyl (C=O) groups is 1. The molecule has 0 spiro atoms. The van der Waals surface area contributed by atoms with E-state index in [1.54, 1.807) is 19.1 Å². The van der Waals surface area contributed by atoms with Gasteiger partial charge in [-0.15, -0.1) is 0 Å². The lowest BCUT2D eigenvalue weighted by Crippen LogP contribution is -2.40. The number of amides is 1. The average Bonchev–Trinajstić information content (AvgIpc) is 3.17. The van der Waals surface area contributed by atoms with Gasteiger partial charge in [0, 0.05) is 38.0 Å². The van der Waals surface area contributed by atoms with E-state index in [1.807, 2.05) is 6.92 Å². The molecule has 1 N–H and O–H groups in total. The average molecular weight is 437 g/mol. The van der Waals surface area contributed by atoms with Crippen LogP contribution < -0.4 is 5.32 Å². The molecule has 1 fully saturated rings. The van der Waals surface area contributed by atoms with E-state index in [2.05, 4.69) is 15.5 Å². The summed E-state index contributed by atoms with van der Waals surface area (Å²) in [5.41, 5.74) is 1.10. The molecule has 0 aliphatic carbocycles. The van der Waals surface area contributed by atoms with Crippen molar-refractivity contribution < 1.29 is 22.5 Å². The van der Waals surface area contributed by atoms with E-state index in [4.69, 9.17) is 9.26 Å². The van der Waals surface area contributed by atoms with Crippen LogP contribution in [0.2, 0.25) is 0 Å². The number of benzene rings is 1. The number of ether oxygens (including phenoxy) is 1. The van der Waals surface area contributed by atoms with Gasteiger partial charge in [-0.3, -0.25) is 4.79 Å². The van der Waals surface area contributed by atoms with Crippen LogP contribution in [0.5, 0.6) is 0 Å². The topological polar surface area (TPSA) is 115 Å². The Labute approximate surface area is 176 Å². The van der Waals surface area contributed by atoms with Gasteiger partial charge in [-0.1, -0.05) is 18.1 Å². The molecule has 10 heteroatoms. The van der Waals surface area contributed by atoms with E-state index < -0.39 is 10.0 Å². The summed E-state index contributed by atoms with van der Waals surface area (Å²) >= 11 is 0. The second kappa shape index (κ2) is 10.1. The molecule has 30 heavy (non-hydrogen) atoms. The summed E-state index contributed by atoms with van der Waals surface area (Å²) in [5.74, 6) is 1.02. The molecular formula is C20H28N4O5S. The molecule has 9 nitrogen and oxygen atoms in total. The normalized spacial score (nSPS) is 15.3. The standard InChI is InChI=1S/C20H28N4O5S/c1-3-5-18-22-20(29-23-18)7-4-6-19(25)21-16-9-8-15(2)17(14-16)30(26,27)24-10-12-28-13-11-24/h8-9,14H,3-7,10-13H2,1-2H3,(H,21,25). The zero-order chi connectivity index (χ0) is 21.6. The molecule has 1 saturated heterocycles. The van der Waals surface area contributed by atoms with E-state index in [1.165, 1.54) is 10.4 Å². The Morgan fingerprint density at radius 3 is 2.73 bits per heavy atom. The first-order valence-electron chi connectivity index (χ1n) is 10.2. The number of aryl methyl sites for hydroxylation is 3. The van der Waals surface area contributed by atoms with Crippen molar-refractivity contribution in [2.75, 3.05) is 31.6 Å². The Morgan fingerprint density at radius 2 is 2.00 bits per heavy atom. The molecule has 0 saturated carbocycles. The first kappa shape index (κ1) is 22.4. The van der Waals surface area contributed by atoms with E-state index >= 15 is 0 Å². The van der Waals surface area contributed by atoms with Crippen LogP contribution in [0, 0.1) is 6.92 Å². The highest BCUT2D eigenvalue weighted by molar-refractivity contribution is 7.89. The predicted molar refractivity (Wildman–Crippen MR) is 111 cm³/mol. The molecule has 1 aromatic heterocycles. The van der Waals surface area contributed by atoms with Crippen LogP contribution in [0.3, 0.4) is 0 Å². The highest BCUT2D eigenvalue weighted by atomic mass is 32.2. The summed E-state index contributed by atoms with van der Waals surface area (Å²) in [6.45, 7) is 5.21. The highest BCUT2D eigenvalue weighted by Crippen LogP contribution is 2.24. The Hall–Kier alpha value is -2.30. The minimum absolute atomic E-state index is 0.193. The van der Waals surface area contributed by atoms with Crippen molar-refractivity contribution in [3.8, 4) is 0 Å². The van der Waals surface area contributed by atoms with E-state index in [0.717, 1.165) is 12.8 Å². The number of nitrogens with one attached hydrogen (secondary N) is 1. The maximum atomic E-state index is 13.0. The van der Waals surface area contributed by atoms with Crippen LogP contribution in [0.4, 0.5) is 5.69 Å². The van der Waals surface area contributed by atoms with Crippen LogP contribution in [0.1, 0.15) is 43.5 Å². The molecule has 0 bridgehead atoms. The molecule has 2 heterocycles. The van der Waals surface area contributed by atoms with Crippen LogP contribution in [0.15, 0.2) is 27.6 Å². The molecule has 1 aliphatic heterocycles. The number of anilines is 1. The third kappa shape index (κ3) is 5.65. The number of nitrogens with zero attached hydrogens (tertiary/aromatic N) is 3. The zero-order valence-corrected chi connectivity index (χ0v) is 18.2. The second-order valence-electron chi connectivity index (χ2n) is 7.25. The molecule has 0 unspecified atom stereocenters. The van der Waals surface area contributed by atoms with Crippen molar-refractivity contribution in [2.24, 2.45) is 0 Å². The summed E-state index contributed by atoms with van der Waals surface area (Å²) in [7, 11) is -3.63. The van der Waals surface area contributed by atoms with Gasteiger partial charge in [0.25, 0.3) is 0 Å². The van der Waals surface area contributed by atoms with Gasteiger partial charge in [0.15, 0.2) is 5.82 Å². The first-order valence-corrected chi connectivity index (χ1v) is 11.6. The van der Waals surface area contributed by atoms with Crippen molar-refractivity contribution in [2.45, 2.75) is 50.8 Å². The number of aromatic nitrogens is 2. The van der Waals surface area contributed by atoms with Crippen molar-refractivity contribution >= 4 is 21.6 Å². The number of hydrogen-bond donors (Lipinski definition) is 1. The fourth-order valence-corrected chi connectivity index (χ4v) is 4.88.